The van der Waals surface area contributed by atoms with Gasteiger partial charge in [-0.3, -0.25) is 4.79 Å². The summed E-state index contributed by atoms with van der Waals surface area (Å²) in [5.41, 5.74) is -1.31. The van der Waals surface area contributed by atoms with Gasteiger partial charge < -0.3 is 19.6 Å². The minimum Gasteiger partial charge on any atom is -0.460 e. The van der Waals surface area contributed by atoms with E-state index in [-0.39, 0.29) is 18.3 Å². The first kappa shape index (κ1) is 19.5. The fourth-order valence-electron chi connectivity index (χ4n) is 2.21. The Morgan fingerprint density at radius 2 is 1.52 bits per heavy atom. The van der Waals surface area contributed by atoms with Crippen molar-refractivity contribution < 1.29 is 24.3 Å². The average molecular weight is 349 g/mol. The van der Waals surface area contributed by atoms with Gasteiger partial charge in [-0.25, -0.2) is 4.79 Å². The predicted octanol–water partition coefficient (Wildman–Crippen LogP) is 2.84. The van der Waals surface area contributed by atoms with Gasteiger partial charge in [-0.1, -0.05) is 16.8 Å². The molecule has 0 saturated carbocycles. The third-order valence-corrected chi connectivity index (χ3v) is 3.44. The first-order valence-electron chi connectivity index (χ1n) is 7.42. The maximum Gasteiger partial charge on any atom is 0.410 e. The molecule has 1 fully saturated rings. The second-order valence-electron chi connectivity index (χ2n) is 7.55. The second-order valence-corrected chi connectivity index (χ2v) is 7.94. The van der Waals surface area contributed by atoms with Crippen LogP contribution < -0.4 is 0 Å². The molecule has 1 N–H and O–H groups in total. The van der Waals surface area contributed by atoms with Crippen LogP contribution in [0.15, 0.2) is 5.16 Å². The van der Waals surface area contributed by atoms with Gasteiger partial charge >= 0.3 is 12.1 Å². The van der Waals surface area contributed by atoms with E-state index in [1.807, 2.05) is 0 Å². The Kier molecular flexibility index (Phi) is 5.90. The molecule has 8 heteroatoms. The number of carbonyl (C=O) groups is 2. The molecule has 0 aromatic carbocycles. The highest BCUT2D eigenvalue weighted by Crippen LogP contribution is 2.30. The van der Waals surface area contributed by atoms with Crippen LogP contribution in [0.25, 0.3) is 0 Å². The number of halogens is 1. The van der Waals surface area contributed by atoms with E-state index in [1.54, 1.807) is 41.5 Å². The van der Waals surface area contributed by atoms with Crippen LogP contribution in [0.2, 0.25) is 0 Å². The minimum atomic E-state index is -0.704. The van der Waals surface area contributed by atoms with E-state index in [9.17, 15) is 9.59 Å². The van der Waals surface area contributed by atoms with E-state index < -0.39 is 35.1 Å². The summed E-state index contributed by atoms with van der Waals surface area (Å²) in [4.78, 5) is 25.9. The summed E-state index contributed by atoms with van der Waals surface area (Å²) in [6.45, 7) is 10.7. The van der Waals surface area contributed by atoms with E-state index >= 15 is 0 Å². The highest BCUT2D eigenvalue weighted by molar-refractivity contribution is 6.66. The molecule has 1 aliphatic heterocycles. The number of nitrogens with zero attached hydrogens (tertiary/aromatic N) is 2. The molecule has 1 heterocycles. The summed E-state index contributed by atoms with van der Waals surface area (Å²) in [6, 6.07) is 0. The quantitative estimate of drug-likeness (QED) is 0.359. The molecule has 23 heavy (non-hydrogen) atoms. The van der Waals surface area contributed by atoms with Crippen molar-refractivity contribution in [2.45, 2.75) is 52.7 Å². The summed E-state index contributed by atoms with van der Waals surface area (Å²) in [7, 11) is 0. The number of esters is 1. The van der Waals surface area contributed by atoms with Crippen molar-refractivity contribution >= 4 is 28.8 Å². The molecule has 132 valence electrons. The van der Waals surface area contributed by atoms with Crippen LogP contribution in [0.4, 0.5) is 4.79 Å². The molecule has 0 spiro atoms. The van der Waals surface area contributed by atoms with Gasteiger partial charge in [0.2, 0.25) is 0 Å². The van der Waals surface area contributed by atoms with Crippen molar-refractivity contribution in [1.82, 2.24) is 4.90 Å². The van der Waals surface area contributed by atoms with Crippen LogP contribution in [0, 0.1) is 11.8 Å². The minimum absolute atomic E-state index is 0.0975. The molecule has 0 aliphatic carbocycles. The van der Waals surface area contributed by atoms with Gasteiger partial charge in [-0.05, 0) is 41.5 Å². The smallest absolute Gasteiger partial charge is 0.410 e. The maximum atomic E-state index is 12.3. The van der Waals surface area contributed by atoms with E-state index in [0.717, 1.165) is 0 Å². The van der Waals surface area contributed by atoms with E-state index in [2.05, 4.69) is 5.16 Å². The molecule has 0 radical (unpaired) electrons. The van der Waals surface area contributed by atoms with Crippen LogP contribution in [0.3, 0.4) is 0 Å². The molecule has 1 amide bonds. The Balaban J connectivity index is 2.91. The number of likely N-dealkylation sites (tertiary alicyclic amines) is 1. The Morgan fingerprint density at radius 1 is 1.04 bits per heavy atom. The highest BCUT2D eigenvalue weighted by Gasteiger charge is 2.45. The number of ether oxygens (including phenoxy) is 2. The maximum absolute atomic E-state index is 12.3. The monoisotopic (exact) mass is 348 g/mol. The number of hydrogen-bond donors (Lipinski definition) is 1. The number of rotatable bonds is 2. The Bertz CT molecular complexity index is 493. The van der Waals surface area contributed by atoms with Crippen molar-refractivity contribution in [2.75, 3.05) is 13.1 Å². The van der Waals surface area contributed by atoms with E-state index in [1.165, 1.54) is 4.90 Å². The number of hydrogen-bond acceptors (Lipinski definition) is 6. The number of amides is 1. The fourth-order valence-corrected chi connectivity index (χ4v) is 2.43. The van der Waals surface area contributed by atoms with Gasteiger partial charge in [0.15, 0.2) is 5.17 Å². The molecule has 1 rings (SSSR count). The lowest BCUT2D eigenvalue weighted by Gasteiger charge is -2.25. The van der Waals surface area contributed by atoms with Crippen molar-refractivity contribution in [3.05, 3.63) is 0 Å². The molecular weight excluding hydrogens is 324 g/mol. The molecule has 1 saturated heterocycles. The van der Waals surface area contributed by atoms with Crippen molar-refractivity contribution in [1.29, 1.82) is 0 Å². The van der Waals surface area contributed by atoms with Gasteiger partial charge in [-0.15, -0.1) is 0 Å². The Morgan fingerprint density at radius 3 is 1.96 bits per heavy atom. The summed E-state index contributed by atoms with van der Waals surface area (Å²) < 4.78 is 10.7. The fraction of sp³-hybridized carbons (Fsp3) is 0.800. The molecule has 0 aromatic heterocycles. The topological polar surface area (TPSA) is 88.4 Å². The van der Waals surface area contributed by atoms with Crippen LogP contribution >= 0.6 is 11.6 Å². The Labute approximate surface area is 141 Å². The van der Waals surface area contributed by atoms with Crippen molar-refractivity contribution in [2.24, 2.45) is 17.0 Å². The zero-order valence-electron chi connectivity index (χ0n) is 14.4. The SMILES string of the molecule is CC(C)(C)OC(=O)[C@H]1CN(C(=O)OC(C)(C)C)C[C@@H]1C(Cl)=NO. The molecule has 0 bridgehead atoms. The van der Waals surface area contributed by atoms with Crippen LogP contribution in [0.5, 0.6) is 0 Å². The van der Waals surface area contributed by atoms with Crippen LogP contribution in [-0.2, 0) is 14.3 Å². The first-order valence-corrected chi connectivity index (χ1v) is 7.80. The molecule has 0 unspecified atom stereocenters. The largest absolute Gasteiger partial charge is 0.460 e. The zero-order chi connectivity index (χ0) is 18.0. The number of carbonyl (C=O) groups excluding carboxylic acids is 2. The summed E-state index contributed by atoms with van der Waals surface area (Å²) in [5.74, 6) is -1.82. The highest BCUT2D eigenvalue weighted by atomic mass is 35.5. The lowest BCUT2D eigenvalue weighted by Crippen LogP contribution is -2.36. The van der Waals surface area contributed by atoms with Gasteiger partial charge in [0.1, 0.15) is 11.2 Å². The lowest BCUT2D eigenvalue weighted by molar-refractivity contribution is -0.160. The first-order chi connectivity index (χ1) is 10.3. The molecule has 1 aliphatic rings. The number of oxime groups is 1. The summed E-state index contributed by atoms with van der Waals surface area (Å²) in [5, 5.41) is 11.7. The average Bonchev–Trinajstić information content (AvgIpc) is 2.78. The van der Waals surface area contributed by atoms with Crippen LogP contribution in [0.1, 0.15) is 41.5 Å². The standard InChI is InChI=1S/C15H25ClN2O5/c1-14(2,3)22-12(19)10-8-18(7-9(10)11(16)17-21)13(20)23-15(4,5)6/h9-10,21H,7-8H2,1-6H3/t9-,10-/m0/s1. The normalized spacial score (nSPS) is 22.9. The van der Waals surface area contributed by atoms with Crippen molar-refractivity contribution in [3.63, 3.8) is 0 Å². The molecular formula is C15H25ClN2O5. The van der Waals surface area contributed by atoms with Gasteiger partial charge in [0.25, 0.3) is 0 Å². The van der Waals surface area contributed by atoms with Crippen molar-refractivity contribution in [3.8, 4) is 0 Å². The van der Waals surface area contributed by atoms with E-state index in [4.69, 9.17) is 26.3 Å². The van der Waals surface area contributed by atoms with Gasteiger partial charge in [0.05, 0.1) is 5.92 Å². The molecule has 0 aromatic rings. The van der Waals surface area contributed by atoms with Gasteiger partial charge in [0, 0.05) is 19.0 Å². The predicted molar refractivity (Wildman–Crippen MR) is 85.7 cm³/mol. The zero-order valence-corrected chi connectivity index (χ0v) is 15.2. The molecule has 2 atom stereocenters. The van der Waals surface area contributed by atoms with E-state index in [0.29, 0.717) is 0 Å². The second kappa shape index (κ2) is 6.95. The Hall–Kier alpha value is -1.50. The molecule has 7 nitrogen and oxygen atoms in total. The third kappa shape index (κ3) is 5.89. The lowest BCUT2D eigenvalue weighted by atomic mass is 9.97. The summed E-state index contributed by atoms with van der Waals surface area (Å²) in [6.07, 6.45) is -0.545. The summed E-state index contributed by atoms with van der Waals surface area (Å²) >= 11 is 5.90. The van der Waals surface area contributed by atoms with Gasteiger partial charge in [-0.2, -0.15) is 0 Å². The third-order valence-electron chi connectivity index (χ3n) is 3.08. The van der Waals surface area contributed by atoms with Crippen LogP contribution in [-0.4, -0.2) is 51.6 Å².